The number of hydrogen-bond donors (Lipinski definition) is 2. The molecule has 152 valence electrons. The third-order valence-corrected chi connectivity index (χ3v) is 4.13. The zero-order valence-corrected chi connectivity index (χ0v) is 17.5. The molecule has 1 aromatic rings. The van der Waals surface area contributed by atoms with Crippen molar-refractivity contribution in [3.05, 3.63) is 34.9 Å². The van der Waals surface area contributed by atoms with Gasteiger partial charge in [-0.25, -0.2) is 22.6 Å². The summed E-state index contributed by atoms with van der Waals surface area (Å²) in [4.78, 5) is 17.5. The van der Waals surface area contributed by atoms with Gasteiger partial charge in [-0.2, -0.15) is 0 Å². The molecule has 0 bridgehead atoms. The molecule has 1 aliphatic heterocycles. The maximum atomic E-state index is 13.7. The number of nitrogens with zero attached hydrogens (tertiary/aromatic N) is 2. The Balaban J connectivity index is 0.00000364. The number of benzene rings is 1. The van der Waals surface area contributed by atoms with Gasteiger partial charge >= 0.3 is 0 Å². The molecule has 1 heterocycles. The summed E-state index contributed by atoms with van der Waals surface area (Å²) in [5.74, 6) is -5.52. The summed E-state index contributed by atoms with van der Waals surface area (Å²) in [6, 6.07) is 0.0985. The van der Waals surface area contributed by atoms with E-state index >= 15 is 0 Å². The predicted octanol–water partition coefficient (Wildman–Crippen LogP) is 2.93. The number of amides is 1. The zero-order chi connectivity index (χ0) is 19.3. The van der Waals surface area contributed by atoms with Crippen molar-refractivity contribution in [3.63, 3.8) is 0 Å². The fourth-order valence-corrected chi connectivity index (χ4v) is 2.76. The molecule has 0 radical (unpaired) electrons. The summed E-state index contributed by atoms with van der Waals surface area (Å²) in [6.45, 7) is 4.62. The Hall–Kier alpha value is -1.59. The smallest absolute Gasteiger partial charge is 0.222 e. The molecule has 1 aromatic carbocycles. The van der Waals surface area contributed by atoms with E-state index in [9.17, 15) is 22.4 Å². The number of halogens is 5. The van der Waals surface area contributed by atoms with Crippen LogP contribution in [0.5, 0.6) is 0 Å². The molecule has 27 heavy (non-hydrogen) atoms. The second kappa shape index (κ2) is 10.7. The molecule has 1 amide bonds. The molecule has 1 unspecified atom stereocenters. The number of carbonyl (C=O) groups excluding carboxylic acids is 1. The molecule has 0 saturated carbocycles. The van der Waals surface area contributed by atoms with Crippen LogP contribution in [0.3, 0.4) is 0 Å². The Morgan fingerprint density at radius 1 is 1.22 bits per heavy atom. The number of aliphatic imine (C=N–C) groups is 1. The van der Waals surface area contributed by atoms with Gasteiger partial charge in [-0.3, -0.25) is 4.79 Å². The van der Waals surface area contributed by atoms with Gasteiger partial charge in [0, 0.05) is 38.2 Å². The second-order valence-corrected chi connectivity index (χ2v) is 5.97. The molecule has 10 heteroatoms. The van der Waals surface area contributed by atoms with Crippen LogP contribution in [0.2, 0.25) is 0 Å². The van der Waals surface area contributed by atoms with Crippen molar-refractivity contribution in [1.82, 2.24) is 15.5 Å². The molecular formula is C17H23F4IN4O. The average Bonchev–Trinajstić information content (AvgIpc) is 3.08. The molecule has 1 fully saturated rings. The van der Waals surface area contributed by atoms with Gasteiger partial charge in [-0.1, -0.05) is 6.92 Å². The highest BCUT2D eigenvalue weighted by molar-refractivity contribution is 14.0. The molecule has 2 N–H and O–H groups in total. The first-order valence-electron chi connectivity index (χ1n) is 8.51. The number of hydrogen-bond acceptors (Lipinski definition) is 2. The Kier molecular flexibility index (Phi) is 9.27. The first-order valence-corrected chi connectivity index (χ1v) is 8.51. The van der Waals surface area contributed by atoms with E-state index in [-0.39, 0.29) is 48.0 Å². The number of guanidine groups is 1. The van der Waals surface area contributed by atoms with Crippen molar-refractivity contribution in [2.24, 2.45) is 4.99 Å². The Morgan fingerprint density at radius 3 is 2.41 bits per heavy atom. The standard InChI is InChI=1S/C17H22F4N4O.HI/c1-3-14(26)25-6-5-10(9-25)24-17(22-4-2)23-8-11-15(20)12(18)7-13(19)16(11)21;/h7,10H,3-6,8-9H2,1-2H3,(H2,22,23,24);1H. The molecule has 0 aliphatic carbocycles. The van der Waals surface area contributed by atoms with Crippen LogP contribution in [0.1, 0.15) is 32.3 Å². The van der Waals surface area contributed by atoms with E-state index in [1.165, 1.54) is 0 Å². The second-order valence-electron chi connectivity index (χ2n) is 5.97. The summed E-state index contributed by atoms with van der Waals surface area (Å²) < 4.78 is 54.0. The Labute approximate surface area is 172 Å². The third kappa shape index (κ3) is 5.94. The summed E-state index contributed by atoms with van der Waals surface area (Å²) >= 11 is 0. The van der Waals surface area contributed by atoms with Crippen molar-refractivity contribution in [2.75, 3.05) is 19.6 Å². The van der Waals surface area contributed by atoms with Crippen LogP contribution in [-0.4, -0.2) is 42.4 Å². The fourth-order valence-electron chi connectivity index (χ4n) is 2.76. The molecule has 5 nitrogen and oxygen atoms in total. The van der Waals surface area contributed by atoms with Crippen molar-refractivity contribution in [3.8, 4) is 0 Å². The van der Waals surface area contributed by atoms with Crippen LogP contribution in [0, 0.1) is 23.3 Å². The number of carbonyl (C=O) groups is 1. The van der Waals surface area contributed by atoms with Gasteiger partial charge in [0.1, 0.15) is 0 Å². The quantitative estimate of drug-likeness (QED) is 0.214. The SMILES string of the molecule is CCNC(=NCc1c(F)c(F)cc(F)c1F)NC1CCN(C(=O)CC)C1.I. The minimum absolute atomic E-state index is 0. The van der Waals surface area contributed by atoms with E-state index in [1.54, 1.807) is 11.8 Å². The minimum Gasteiger partial charge on any atom is -0.357 e. The van der Waals surface area contributed by atoms with Crippen LogP contribution < -0.4 is 10.6 Å². The van der Waals surface area contributed by atoms with Gasteiger partial charge in [0.25, 0.3) is 0 Å². The average molecular weight is 502 g/mol. The Bertz CT molecular complexity index is 676. The first kappa shape index (κ1) is 23.4. The molecule has 1 atom stereocenters. The monoisotopic (exact) mass is 502 g/mol. The first-order chi connectivity index (χ1) is 12.4. The van der Waals surface area contributed by atoms with Crippen LogP contribution in [0.15, 0.2) is 11.1 Å². The number of rotatable bonds is 5. The highest BCUT2D eigenvalue weighted by Crippen LogP contribution is 2.20. The van der Waals surface area contributed by atoms with Crippen LogP contribution in [0.25, 0.3) is 0 Å². The van der Waals surface area contributed by atoms with Crippen LogP contribution >= 0.6 is 24.0 Å². The fraction of sp³-hybridized carbons (Fsp3) is 0.529. The number of likely N-dealkylation sites (tertiary alicyclic amines) is 1. The molecule has 1 aliphatic rings. The summed E-state index contributed by atoms with van der Waals surface area (Å²) in [5.41, 5.74) is -0.770. The van der Waals surface area contributed by atoms with E-state index in [1.807, 2.05) is 6.92 Å². The van der Waals surface area contributed by atoms with Gasteiger partial charge in [0.2, 0.25) is 5.91 Å². The van der Waals surface area contributed by atoms with E-state index in [0.717, 1.165) is 0 Å². The lowest BCUT2D eigenvalue weighted by Crippen LogP contribution is -2.45. The lowest BCUT2D eigenvalue weighted by Gasteiger charge is -2.18. The molecular weight excluding hydrogens is 479 g/mol. The van der Waals surface area contributed by atoms with E-state index in [4.69, 9.17) is 0 Å². The van der Waals surface area contributed by atoms with E-state index in [0.29, 0.717) is 32.5 Å². The van der Waals surface area contributed by atoms with Gasteiger partial charge < -0.3 is 15.5 Å². The predicted molar refractivity (Wildman–Crippen MR) is 105 cm³/mol. The summed E-state index contributed by atoms with van der Waals surface area (Å²) in [5, 5.41) is 5.99. The minimum atomic E-state index is -1.46. The maximum absolute atomic E-state index is 13.7. The van der Waals surface area contributed by atoms with Crippen molar-refractivity contribution in [1.29, 1.82) is 0 Å². The molecule has 2 rings (SSSR count). The lowest BCUT2D eigenvalue weighted by molar-refractivity contribution is -0.129. The largest absolute Gasteiger partial charge is 0.357 e. The van der Waals surface area contributed by atoms with Gasteiger partial charge in [-0.05, 0) is 13.3 Å². The van der Waals surface area contributed by atoms with E-state index < -0.39 is 35.4 Å². The normalized spacial score (nSPS) is 16.9. The highest BCUT2D eigenvalue weighted by atomic mass is 127. The highest BCUT2D eigenvalue weighted by Gasteiger charge is 2.26. The molecule has 0 aromatic heterocycles. The lowest BCUT2D eigenvalue weighted by atomic mass is 10.2. The topological polar surface area (TPSA) is 56.7 Å². The molecule has 1 saturated heterocycles. The van der Waals surface area contributed by atoms with Crippen LogP contribution in [-0.2, 0) is 11.3 Å². The van der Waals surface area contributed by atoms with Crippen molar-refractivity contribution < 1.29 is 22.4 Å². The van der Waals surface area contributed by atoms with Crippen LogP contribution in [0.4, 0.5) is 17.6 Å². The molecule has 0 spiro atoms. The van der Waals surface area contributed by atoms with Crippen molar-refractivity contribution in [2.45, 2.75) is 39.3 Å². The van der Waals surface area contributed by atoms with Gasteiger partial charge in [0.05, 0.1) is 12.1 Å². The van der Waals surface area contributed by atoms with Gasteiger partial charge in [-0.15, -0.1) is 24.0 Å². The van der Waals surface area contributed by atoms with E-state index in [2.05, 4.69) is 15.6 Å². The maximum Gasteiger partial charge on any atom is 0.222 e. The van der Waals surface area contributed by atoms with Crippen molar-refractivity contribution >= 4 is 35.8 Å². The van der Waals surface area contributed by atoms with Gasteiger partial charge in [0.15, 0.2) is 29.2 Å². The third-order valence-electron chi connectivity index (χ3n) is 4.13. The number of nitrogens with one attached hydrogen (secondary N) is 2. The summed E-state index contributed by atoms with van der Waals surface area (Å²) in [6.07, 6.45) is 1.12. The Morgan fingerprint density at radius 2 is 1.85 bits per heavy atom. The zero-order valence-electron chi connectivity index (χ0n) is 15.1. The summed E-state index contributed by atoms with van der Waals surface area (Å²) in [7, 11) is 0.